The van der Waals surface area contributed by atoms with Gasteiger partial charge in [0.25, 0.3) is 5.91 Å². The zero-order valence-electron chi connectivity index (χ0n) is 12.6. The third-order valence-corrected chi connectivity index (χ3v) is 3.15. The molecule has 3 nitrogen and oxygen atoms in total. The molecule has 2 rings (SSSR count). The molecule has 0 spiro atoms. The van der Waals surface area contributed by atoms with Crippen molar-refractivity contribution in [1.29, 1.82) is 0 Å². The molecule has 0 heterocycles. The van der Waals surface area contributed by atoms with Gasteiger partial charge in [-0.2, -0.15) is 0 Å². The molecule has 0 fully saturated rings. The maximum absolute atomic E-state index is 11.8. The second-order valence-corrected chi connectivity index (χ2v) is 5.37. The Morgan fingerprint density at radius 2 is 1.67 bits per heavy atom. The van der Waals surface area contributed by atoms with Crippen LogP contribution < -0.4 is 10.6 Å². The summed E-state index contributed by atoms with van der Waals surface area (Å²) >= 11 is 0. The summed E-state index contributed by atoms with van der Waals surface area (Å²) in [6, 6.07) is 18.1. The van der Waals surface area contributed by atoms with Gasteiger partial charge in [-0.1, -0.05) is 30.3 Å². The lowest BCUT2D eigenvalue weighted by atomic mass is 10.1. The predicted octanol–water partition coefficient (Wildman–Crippen LogP) is 3.48. The van der Waals surface area contributed by atoms with Gasteiger partial charge in [0.05, 0.1) is 0 Å². The number of benzene rings is 2. The van der Waals surface area contributed by atoms with E-state index in [1.165, 1.54) is 5.56 Å². The number of amides is 1. The number of rotatable bonds is 6. The quantitative estimate of drug-likeness (QED) is 0.851. The highest BCUT2D eigenvalue weighted by molar-refractivity contribution is 5.94. The highest BCUT2D eigenvalue weighted by Gasteiger charge is 2.06. The summed E-state index contributed by atoms with van der Waals surface area (Å²) in [5.74, 6) is -0.0270. The number of nitrogens with one attached hydrogen (secondary N) is 2. The van der Waals surface area contributed by atoms with E-state index >= 15 is 0 Å². The lowest BCUT2D eigenvalue weighted by Crippen LogP contribution is -2.29. The number of hydrogen-bond donors (Lipinski definition) is 2. The van der Waals surface area contributed by atoms with Gasteiger partial charge in [-0.05, 0) is 50.1 Å². The first kappa shape index (κ1) is 15.1. The molecule has 2 N–H and O–H groups in total. The van der Waals surface area contributed by atoms with E-state index < -0.39 is 0 Å². The first-order valence-corrected chi connectivity index (χ1v) is 7.34. The second-order valence-electron chi connectivity index (χ2n) is 5.37. The second kappa shape index (κ2) is 7.48. The summed E-state index contributed by atoms with van der Waals surface area (Å²) in [5.41, 5.74) is 3.04. The van der Waals surface area contributed by atoms with E-state index in [0.717, 1.165) is 18.7 Å². The van der Waals surface area contributed by atoms with Crippen molar-refractivity contribution in [2.45, 2.75) is 26.3 Å². The van der Waals surface area contributed by atoms with Gasteiger partial charge in [0.2, 0.25) is 0 Å². The summed E-state index contributed by atoms with van der Waals surface area (Å²) in [4.78, 5) is 11.8. The number of carbonyl (C=O) groups excluding carboxylic acids is 1. The number of hydrogen-bond acceptors (Lipinski definition) is 2. The average molecular weight is 282 g/mol. The number of carbonyl (C=O) groups is 1. The van der Waals surface area contributed by atoms with Gasteiger partial charge in [-0.3, -0.25) is 4.79 Å². The van der Waals surface area contributed by atoms with Gasteiger partial charge >= 0.3 is 0 Å². The van der Waals surface area contributed by atoms with E-state index in [4.69, 9.17) is 0 Å². The van der Waals surface area contributed by atoms with E-state index in [1.54, 1.807) is 0 Å². The average Bonchev–Trinajstić information content (AvgIpc) is 2.48. The minimum absolute atomic E-state index is 0.0270. The van der Waals surface area contributed by atoms with Crippen LogP contribution in [0.4, 0.5) is 5.69 Å². The van der Waals surface area contributed by atoms with Gasteiger partial charge in [-0.25, -0.2) is 0 Å². The molecule has 0 unspecified atom stereocenters. The van der Waals surface area contributed by atoms with E-state index in [-0.39, 0.29) is 11.9 Å². The topological polar surface area (TPSA) is 41.1 Å². The van der Waals surface area contributed by atoms with Gasteiger partial charge in [-0.15, -0.1) is 0 Å². The van der Waals surface area contributed by atoms with Crippen molar-refractivity contribution in [3.63, 3.8) is 0 Å². The van der Waals surface area contributed by atoms with Crippen molar-refractivity contribution in [3.05, 3.63) is 65.7 Å². The fraction of sp³-hybridized carbons (Fsp3) is 0.278. The molecular formula is C18H22N2O. The van der Waals surface area contributed by atoms with Crippen LogP contribution in [0.25, 0.3) is 0 Å². The highest BCUT2D eigenvalue weighted by atomic mass is 16.1. The Morgan fingerprint density at radius 1 is 1.00 bits per heavy atom. The first-order valence-electron chi connectivity index (χ1n) is 7.34. The minimum atomic E-state index is -0.0270. The molecule has 0 aliphatic heterocycles. The van der Waals surface area contributed by atoms with Crippen LogP contribution in [0.5, 0.6) is 0 Å². The molecule has 3 heteroatoms. The van der Waals surface area contributed by atoms with Crippen molar-refractivity contribution in [2.75, 3.05) is 11.9 Å². The molecule has 0 aliphatic carbocycles. The third-order valence-electron chi connectivity index (χ3n) is 3.15. The smallest absolute Gasteiger partial charge is 0.251 e. The first-order chi connectivity index (χ1) is 10.1. The predicted molar refractivity (Wildman–Crippen MR) is 87.7 cm³/mol. The SMILES string of the molecule is CC(C)NC(=O)c1ccc(NCCc2ccccc2)cc1. The van der Waals surface area contributed by atoms with E-state index in [0.29, 0.717) is 5.56 Å². The summed E-state index contributed by atoms with van der Waals surface area (Å²) in [6.07, 6.45) is 0.983. The van der Waals surface area contributed by atoms with Crippen molar-refractivity contribution >= 4 is 11.6 Å². The van der Waals surface area contributed by atoms with Crippen LogP contribution >= 0.6 is 0 Å². The molecule has 0 saturated heterocycles. The third kappa shape index (κ3) is 4.95. The molecule has 0 radical (unpaired) electrons. The van der Waals surface area contributed by atoms with Crippen LogP contribution in [0.15, 0.2) is 54.6 Å². The van der Waals surface area contributed by atoms with Crippen LogP contribution in [0.2, 0.25) is 0 Å². The molecule has 1 amide bonds. The molecule has 0 aromatic heterocycles. The lowest BCUT2D eigenvalue weighted by Gasteiger charge is -2.10. The van der Waals surface area contributed by atoms with E-state index in [9.17, 15) is 4.79 Å². The van der Waals surface area contributed by atoms with Crippen LogP contribution in [-0.4, -0.2) is 18.5 Å². The minimum Gasteiger partial charge on any atom is -0.385 e. The van der Waals surface area contributed by atoms with Crippen LogP contribution in [0.3, 0.4) is 0 Å². The number of anilines is 1. The van der Waals surface area contributed by atoms with Gasteiger partial charge in [0, 0.05) is 23.8 Å². The molecule has 0 aliphatic rings. The lowest BCUT2D eigenvalue weighted by molar-refractivity contribution is 0.0943. The van der Waals surface area contributed by atoms with Gasteiger partial charge in [0.1, 0.15) is 0 Å². The van der Waals surface area contributed by atoms with Crippen molar-refractivity contribution in [3.8, 4) is 0 Å². The summed E-state index contributed by atoms with van der Waals surface area (Å²) in [7, 11) is 0. The molecule has 21 heavy (non-hydrogen) atoms. The molecule has 0 saturated carbocycles. The Hall–Kier alpha value is -2.29. The van der Waals surface area contributed by atoms with E-state index in [1.807, 2.05) is 44.2 Å². The zero-order valence-corrected chi connectivity index (χ0v) is 12.6. The molecule has 2 aromatic rings. The molecule has 110 valence electrons. The normalized spacial score (nSPS) is 10.4. The molecule has 0 atom stereocenters. The summed E-state index contributed by atoms with van der Waals surface area (Å²) in [5, 5.41) is 6.25. The van der Waals surface area contributed by atoms with E-state index in [2.05, 4.69) is 34.9 Å². The molecular weight excluding hydrogens is 260 g/mol. The molecule has 2 aromatic carbocycles. The van der Waals surface area contributed by atoms with Crippen LogP contribution in [-0.2, 0) is 6.42 Å². The van der Waals surface area contributed by atoms with Crippen molar-refractivity contribution in [1.82, 2.24) is 5.32 Å². The maximum Gasteiger partial charge on any atom is 0.251 e. The zero-order chi connectivity index (χ0) is 15.1. The maximum atomic E-state index is 11.8. The Kier molecular flexibility index (Phi) is 5.38. The Balaban J connectivity index is 1.84. The Bertz CT molecular complexity index is 562. The van der Waals surface area contributed by atoms with Crippen molar-refractivity contribution in [2.24, 2.45) is 0 Å². The van der Waals surface area contributed by atoms with Gasteiger partial charge < -0.3 is 10.6 Å². The molecule has 0 bridgehead atoms. The Morgan fingerprint density at radius 3 is 2.29 bits per heavy atom. The van der Waals surface area contributed by atoms with Crippen LogP contribution in [0.1, 0.15) is 29.8 Å². The van der Waals surface area contributed by atoms with Crippen molar-refractivity contribution < 1.29 is 4.79 Å². The summed E-state index contributed by atoms with van der Waals surface area (Å²) in [6.45, 7) is 4.79. The van der Waals surface area contributed by atoms with Crippen LogP contribution in [0, 0.1) is 0 Å². The summed E-state index contributed by atoms with van der Waals surface area (Å²) < 4.78 is 0. The fourth-order valence-corrected chi connectivity index (χ4v) is 2.08. The largest absolute Gasteiger partial charge is 0.385 e. The Labute approximate surface area is 126 Å². The monoisotopic (exact) mass is 282 g/mol. The highest BCUT2D eigenvalue weighted by Crippen LogP contribution is 2.10. The standard InChI is InChI=1S/C18H22N2O/c1-14(2)20-18(21)16-8-10-17(11-9-16)19-13-12-15-6-4-3-5-7-15/h3-11,14,19H,12-13H2,1-2H3,(H,20,21). The van der Waals surface area contributed by atoms with Gasteiger partial charge in [0.15, 0.2) is 0 Å². The fourth-order valence-electron chi connectivity index (χ4n) is 2.08.